The molecule has 0 bridgehead atoms. The lowest BCUT2D eigenvalue weighted by molar-refractivity contribution is 0.0585. The van der Waals surface area contributed by atoms with Gasteiger partial charge >= 0.3 is 6.09 Å². The molecule has 1 amide bonds. The summed E-state index contributed by atoms with van der Waals surface area (Å²) >= 11 is 0. The normalized spacial score (nSPS) is 18.6. The highest BCUT2D eigenvalue weighted by Gasteiger charge is 2.27. The molecule has 1 aromatic carbocycles. The number of carbonyl (C=O) groups is 1. The van der Waals surface area contributed by atoms with E-state index in [4.69, 9.17) is 15.2 Å². The van der Waals surface area contributed by atoms with Crippen LogP contribution in [0.5, 0.6) is 0 Å². The second-order valence-electron chi connectivity index (χ2n) is 4.56. The van der Waals surface area contributed by atoms with Crippen molar-refractivity contribution in [2.75, 3.05) is 26.2 Å². The van der Waals surface area contributed by atoms with Gasteiger partial charge in [-0.05, 0) is 12.0 Å². The third-order valence-electron chi connectivity index (χ3n) is 3.08. The van der Waals surface area contributed by atoms with Crippen LogP contribution in [0.25, 0.3) is 0 Å². The predicted molar refractivity (Wildman–Crippen MR) is 71.6 cm³/mol. The number of hydrogen-bond acceptors (Lipinski definition) is 4. The zero-order valence-electron chi connectivity index (χ0n) is 11.0. The minimum absolute atomic E-state index is 0.0906. The first-order valence-corrected chi connectivity index (χ1v) is 6.57. The number of amides is 1. The van der Waals surface area contributed by atoms with Gasteiger partial charge in [0.1, 0.15) is 6.61 Å². The number of benzene rings is 1. The van der Waals surface area contributed by atoms with Crippen molar-refractivity contribution in [3.8, 4) is 0 Å². The summed E-state index contributed by atoms with van der Waals surface area (Å²) in [5, 5.41) is 0. The molecule has 1 aliphatic heterocycles. The van der Waals surface area contributed by atoms with Gasteiger partial charge in [-0.3, -0.25) is 0 Å². The van der Waals surface area contributed by atoms with E-state index in [2.05, 4.69) is 0 Å². The molecule has 1 aliphatic rings. The second-order valence-corrected chi connectivity index (χ2v) is 4.56. The van der Waals surface area contributed by atoms with Crippen molar-refractivity contribution in [3.05, 3.63) is 35.9 Å². The largest absolute Gasteiger partial charge is 0.445 e. The maximum atomic E-state index is 11.9. The minimum Gasteiger partial charge on any atom is -0.445 e. The molecule has 19 heavy (non-hydrogen) atoms. The lowest BCUT2D eigenvalue weighted by atomic mass is 10.2. The van der Waals surface area contributed by atoms with Crippen molar-refractivity contribution in [2.45, 2.75) is 19.1 Å². The van der Waals surface area contributed by atoms with Gasteiger partial charge in [-0.2, -0.15) is 0 Å². The third-order valence-corrected chi connectivity index (χ3v) is 3.08. The molecule has 0 spiro atoms. The lowest BCUT2D eigenvalue weighted by Crippen LogP contribution is -2.31. The van der Waals surface area contributed by atoms with Crippen LogP contribution in [0.4, 0.5) is 4.79 Å². The molecule has 0 aliphatic carbocycles. The number of rotatable bonds is 5. The van der Waals surface area contributed by atoms with Crippen LogP contribution in [0, 0.1) is 0 Å². The van der Waals surface area contributed by atoms with Gasteiger partial charge in [0.25, 0.3) is 0 Å². The van der Waals surface area contributed by atoms with Gasteiger partial charge in [-0.1, -0.05) is 30.3 Å². The van der Waals surface area contributed by atoms with Gasteiger partial charge in [0.2, 0.25) is 0 Å². The first-order chi connectivity index (χ1) is 9.29. The van der Waals surface area contributed by atoms with Crippen LogP contribution in [0.1, 0.15) is 12.0 Å². The van der Waals surface area contributed by atoms with Gasteiger partial charge in [-0.15, -0.1) is 0 Å². The molecule has 1 heterocycles. The van der Waals surface area contributed by atoms with Crippen LogP contribution in [0.3, 0.4) is 0 Å². The summed E-state index contributed by atoms with van der Waals surface area (Å²) in [5.41, 5.74) is 6.37. The van der Waals surface area contributed by atoms with Gasteiger partial charge in [0.05, 0.1) is 19.3 Å². The molecule has 5 heteroatoms. The van der Waals surface area contributed by atoms with Gasteiger partial charge in [-0.25, -0.2) is 4.79 Å². The Morgan fingerprint density at radius 3 is 2.89 bits per heavy atom. The maximum absolute atomic E-state index is 11.9. The number of likely N-dealkylation sites (tertiary alicyclic amines) is 1. The van der Waals surface area contributed by atoms with Crippen molar-refractivity contribution in [2.24, 2.45) is 5.73 Å². The minimum atomic E-state index is -0.275. The summed E-state index contributed by atoms with van der Waals surface area (Å²) in [6.45, 7) is 2.63. The maximum Gasteiger partial charge on any atom is 0.410 e. The molecule has 5 nitrogen and oxygen atoms in total. The molecule has 1 atom stereocenters. The fraction of sp³-hybridized carbons (Fsp3) is 0.500. The summed E-state index contributed by atoms with van der Waals surface area (Å²) < 4.78 is 10.8. The lowest BCUT2D eigenvalue weighted by Gasteiger charge is -2.16. The number of nitrogens with two attached hydrogens (primary N) is 1. The second kappa shape index (κ2) is 7.11. The van der Waals surface area contributed by atoms with Crippen LogP contribution in [0.2, 0.25) is 0 Å². The van der Waals surface area contributed by atoms with E-state index >= 15 is 0 Å². The van der Waals surface area contributed by atoms with Crippen LogP contribution in [0.15, 0.2) is 30.3 Å². The Labute approximate surface area is 113 Å². The molecular weight excluding hydrogens is 244 g/mol. The molecule has 1 aromatic rings. The predicted octanol–water partition coefficient (Wildman–Crippen LogP) is 1.37. The average molecular weight is 264 g/mol. The van der Waals surface area contributed by atoms with E-state index in [1.165, 1.54) is 0 Å². The topological polar surface area (TPSA) is 64.8 Å². The molecule has 1 saturated heterocycles. The standard InChI is InChI=1S/C14H20N2O3/c15-7-9-18-13-6-8-16(10-13)14(17)19-11-12-4-2-1-3-5-12/h1-5,13H,6-11,15H2. The van der Waals surface area contributed by atoms with E-state index in [0.717, 1.165) is 12.0 Å². The van der Waals surface area contributed by atoms with Crippen molar-refractivity contribution < 1.29 is 14.3 Å². The van der Waals surface area contributed by atoms with E-state index in [9.17, 15) is 4.79 Å². The highest BCUT2D eigenvalue weighted by molar-refractivity contribution is 5.68. The molecule has 1 unspecified atom stereocenters. The first-order valence-electron chi connectivity index (χ1n) is 6.57. The van der Waals surface area contributed by atoms with E-state index < -0.39 is 0 Å². The molecule has 2 rings (SSSR count). The highest BCUT2D eigenvalue weighted by Crippen LogP contribution is 2.14. The van der Waals surface area contributed by atoms with Crippen LogP contribution in [-0.4, -0.2) is 43.3 Å². The van der Waals surface area contributed by atoms with Gasteiger partial charge in [0.15, 0.2) is 0 Å². The van der Waals surface area contributed by atoms with E-state index in [1.807, 2.05) is 30.3 Å². The number of ether oxygens (including phenoxy) is 2. The van der Waals surface area contributed by atoms with Crippen molar-refractivity contribution >= 4 is 6.09 Å². The van der Waals surface area contributed by atoms with Crippen LogP contribution in [-0.2, 0) is 16.1 Å². The van der Waals surface area contributed by atoms with Crippen molar-refractivity contribution in [1.82, 2.24) is 4.90 Å². The Hall–Kier alpha value is -1.59. The smallest absolute Gasteiger partial charge is 0.410 e. The Bertz CT molecular complexity index is 397. The molecule has 0 saturated carbocycles. The Kier molecular flexibility index (Phi) is 5.18. The fourth-order valence-corrected chi connectivity index (χ4v) is 2.08. The zero-order chi connectivity index (χ0) is 13.5. The van der Waals surface area contributed by atoms with Crippen molar-refractivity contribution in [3.63, 3.8) is 0 Å². The Morgan fingerprint density at radius 2 is 2.16 bits per heavy atom. The molecule has 1 fully saturated rings. The van der Waals surface area contributed by atoms with Crippen LogP contribution >= 0.6 is 0 Å². The molecule has 0 aromatic heterocycles. The van der Waals surface area contributed by atoms with Gasteiger partial charge < -0.3 is 20.1 Å². The average Bonchev–Trinajstić information content (AvgIpc) is 2.92. The fourth-order valence-electron chi connectivity index (χ4n) is 2.08. The summed E-state index contributed by atoms with van der Waals surface area (Å²) in [4.78, 5) is 13.5. The highest BCUT2D eigenvalue weighted by atomic mass is 16.6. The van der Waals surface area contributed by atoms with E-state index in [0.29, 0.717) is 32.8 Å². The third kappa shape index (κ3) is 4.22. The van der Waals surface area contributed by atoms with Crippen molar-refractivity contribution in [1.29, 1.82) is 0 Å². The summed E-state index contributed by atoms with van der Waals surface area (Å²) in [5.74, 6) is 0. The summed E-state index contributed by atoms with van der Waals surface area (Å²) in [6, 6.07) is 9.66. The molecular formula is C14H20N2O3. The first kappa shape index (κ1) is 13.8. The Morgan fingerprint density at radius 1 is 1.37 bits per heavy atom. The number of carbonyl (C=O) groups excluding carboxylic acids is 1. The summed E-state index contributed by atoms with van der Waals surface area (Å²) in [6.07, 6.45) is 0.663. The Balaban J connectivity index is 1.72. The van der Waals surface area contributed by atoms with E-state index in [1.54, 1.807) is 4.90 Å². The zero-order valence-corrected chi connectivity index (χ0v) is 11.0. The number of nitrogens with zero attached hydrogens (tertiary/aromatic N) is 1. The van der Waals surface area contributed by atoms with Crippen LogP contribution < -0.4 is 5.73 Å². The molecule has 2 N–H and O–H groups in total. The summed E-state index contributed by atoms with van der Waals surface area (Å²) in [7, 11) is 0. The monoisotopic (exact) mass is 264 g/mol. The quantitative estimate of drug-likeness (QED) is 0.872. The molecule has 0 radical (unpaired) electrons. The number of hydrogen-bond donors (Lipinski definition) is 1. The van der Waals surface area contributed by atoms with E-state index in [-0.39, 0.29) is 12.2 Å². The molecule has 104 valence electrons. The SMILES string of the molecule is NCCOC1CCN(C(=O)OCc2ccccc2)C1. The van der Waals surface area contributed by atoms with Gasteiger partial charge in [0, 0.05) is 13.1 Å².